The average Bonchev–Trinajstić information content (AvgIpc) is 2.90. The summed E-state index contributed by atoms with van der Waals surface area (Å²) in [5.41, 5.74) is 2.07. The van der Waals surface area contributed by atoms with E-state index in [0.29, 0.717) is 17.8 Å². The predicted molar refractivity (Wildman–Crippen MR) is 70.9 cm³/mol. The molecule has 6 heteroatoms. The Labute approximate surface area is 110 Å². The molecule has 0 bridgehead atoms. The number of carbonyl (C=O) groups is 2. The Hall–Kier alpha value is -2.63. The van der Waals surface area contributed by atoms with E-state index in [2.05, 4.69) is 20.6 Å². The summed E-state index contributed by atoms with van der Waals surface area (Å²) in [7, 11) is 0. The lowest BCUT2D eigenvalue weighted by Crippen LogP contribution is -2.28. The second-order valence-electron chi connectivity index (χ2n) is 4.02. The van der Waals surface area contributed by atoms with E-state index in [4.69, 9.17) is 0 Å². The Morgan fingerprint density at radius 3 is 2.58 bits per heavy atom. The van der Waals surface area contributed by atoms with Crippen LogP contribution in [0.4, 0.5) is 10.5 Å². The van der Waals surface area contributed by atoms with Gasteiger partial charge >= 0.3 is 6.03 Å². The zero-order valence-corrected chi connectivity index (χ0v) is 10.4. The zero-order valence-electron chi connectivity index (χ0n) is 10.4. The van der Waals surface area contributed by atoms with Gasteiger partial charge in [-0.2, -0.15) is 0 Å². The number of aromatic amines is 1. The fourth-order valence-electron chi connectivity index (χ4n) is 1.52. The third kappa shape index (κ3) is 3.67. The molecule has 0 aliphatic heterocycles. The molecule has 0 fully saturated rings. The van der Waals surface area contributed by atoms with Crippen LogP contribution in [0.2, 0.25) is 0 Å². The van der Waals surface area contributed by atoms with Crippen LogP contribution < -0.4 is 10.6 Å². The molecule has 0 spiro atoms. The van der Waals surface area contributed by atoms with Crippen LogP contribution in [0.25, 0.3) is 0 Å². The summed E-state index contributed by atoms with van der Waals surface area (Å²) >= 11 is 0. The Morgan fingerprint density at radius 2 is 2.00 bits per heavy atom. The maximum Gasteiger partial charge on any atom is 0.319 e. The number of rotatable bonds is 4. The molecule has 0 atom stereocenters. The number of ketones is 1. The highest BCUT2D eigenvalue weighted by molar-refractivity contribution is 5.95. The standard InChI is InChI=1S/C13H14N4O2/c1-9(18)10-2-4-11(5-3-10)17-13(19)15-7-12-6-14-8-16-12/h2-6,8H,7H2,1H3,(H,14,16)(H2,15,17,19). The molecule has 3 N–H and O–H groups in total. The van der Waals surface area contributed by atoms with Crippen molar-refractivity contribution in [2.45, 2.75) is 13.5 Å². The summed E-state index contributed by atoms with van der Waals surface area (Å²) in [6.45, 7) is 1.87. The van der Waals surface area contributed by atoms with Crippen LogP contribution in [0.1, 0.15) is 23.0 Å². The van der Waals surface area contributed by atoms with Gasteiger partial charge in [-0.05, 0) is 31.2 Å². The fraction of sp³-hybridized carbons (Fsp3) is 0.154. The van der Waals surface area contributed by atoms with Gasteiger partial charge < -0.3 is 15.6 Å². The molecule has 2 aromatic rings. The lowest BCUT2D eigenvalue weighted by molar-refractivity contribution is 0.101. The summed E-state index contributed by atoms with van der Waals surface area (Å²) in [4.78, 5) is 29.4. The Morgan fingerprint density at radius 1 is 1.26 bits per heavy atom. The minimum atomic E-state index is -0.315. The maximum atomic E-state index is 11.6. The van der Waals surface area contributed by atoms with E-state index < -0.39 is 0 Å². The van der Waals surface area contributed by atoms with Gasteiger partial charge in [-0.15, -0.1) is 0 Å². The minimum absolute atomic E-state index is 0.00440. The first-order chi connectivity index (χ1) is 9.15. The molecule has 19 heavy (non-hydrogen) atoms. The van der Waals surface area contributed by atoms with Gasteiger partial charge in [0.25, 0.3) is 0 Å². The topological polar surface area (TPSA) is 86.9 Å². The number of imidazole rings is 1. The predicted octanol–water partition coefficient (Wildman–Crippen LogP) is 1.93. The molecular formula is C13H14N4O2. The number of benzene rings is 1. The van der Waals surface area contributed by atoms with E-state index >= 15 is 0 Å². The highest BCUT2D eigenvalue weighted by Gasteiger charge is 2.03. The second kappa shape index (κ2) is 5.81. The van der Waals surface area contributed by atoms with E-state index in [-0.39, 0.29) is 11.8 Å². The van der Waals surface area contributed by atoms with Crippen LogP contribution in [0.3, 0.4) is 0 Å². The molecule has 1 aromatic carbocycles. The molecule has 0 aliphatic rings. The van der Waals surface area contributed by atoms with Gasteiger partial charge in [0.2, 0.25) is 0 Å². The molecule has 0 aliphatic carbocycles. The summed E-state index contributed by atoms with van der Waals surface area (Å²) in [5.74, 6) is -0.00440. The van der Waals surface area contributed by atoms with Crippen LogP contribution >= 0.6 is 0 Å². The molecule has 1 heterocycles. The van der Waals surface area contributed by atoms with Crippen LogP contribution in [0, 0.1) is 0 Å². The van der Waals surface area contributed by atoms with Gasteiger partial charge in [-0.1, -0.05) is 0 Å². The van der Waals surface area contributed by atoms with E-state index in [9.17, 15) is 9.59 Å². The summed E-state index contributed by atoms with van der Waals surface area (Å²) < 4.78 is 0. The first-order valence-corrected chi connectivity index (χ1v) is 5.78. The molecule has 98 valence electrons. The van der Waals surface area contributed by atoms with Crippen molar-refractivity contribution in [1.29, 1.82) is 0 Å². The number of aromatic nitrogens is 2. The van der Waals surface area contributed by atoms with E-state index in [1.807, 2.05) is 0 Å². The lowest BCUT2D eigenvalue weighted by Gasteiger charge is -2.07. The van der Waals surface area contributed by atoms with Crippen LogP contribution in [-0.2, 0) is 6.54 Å². The molecule has 1 aromatic heterocycles. The first-order valence-electron chi connectivity index (χ1n) is 5.78. The highest BCUT2D eigenvalue weighted by Crippen LogP contribution is 2.09. The number of H-pyrrole nitrogens is 1. The quantitative estimate of drug-likeness (QED) is 0.732. The SMILES string of the molecule is CC(=O)c1ccc(NC(=O)NCc2cnc[nH]2)cc1. The highest BCUT2D eigenvalue weighted by atomic mass is 16.2. The number of hydrogen-bond acceptors (Lipinski definition) is 3. The van der Waals surface area contributed by atoms with Crippen LogP contribution in [0.15, 0.2) is 36.8 Å². The normalized spacial score (nSPS) is 9.95. The molecule has 0 saturated heterocycles. The largest absolute Gasteiger partial charge is 0.347 e. The number of nitrogens with zero attached hydrogens (tertiary/aromatic N) is 1. The molecule has 2 amide bonds. The zero-order chi connectivity index (χ0) is 13.7. The summed E-state index contributed by atoms with van der Waals surface area (Å²) in [5, 5.41) is 5.36. The second-order valence-corrected chi connectivity index (χ2v) is 4.02. The van der Waals surface area contributed by atoms with Crippen LogP contribution in [-0.4, -0.2) is 21.8 Å². The molecule has 0 saturated carbocycles. The lowest BCUT2D eigenvalue weighted by atomic mass is 10.1. The smallest absolute Gasteiger partial charge is 0.319 e. The maximum absolute atomic E-state index is 11.6. The number of amides is 2. The Bertz CT molecular complexity index is 561. The van der Waals surface area contributed by atoms with Crippen molar-refractivity contribution in [3.8, 4) is 0 Å². The Balaban J connectivity index is 1.86. The summed E-state index contributed by atoms with van der Waals surface area (Å²) in [6, 6.07) is 6.41. The van der Waals surface area contributed by atoms with Gasteiger partial charge in [0, 0.05) is 17.4 Å². The number of Topliss-reactive ketones (excluding diaryl/α,β-unsaturated/α-hetero) is 1. The number of anilines is 1. The molecule has 0 unspecified atom stereocenters. The fourth-order valence-corrected chi connectivity index (χ4v) is 1.52. The van der Waals surface area contributed by atoms with E-state index in [1.165, 1.54) is 6.92 Å². The van der Waals surface area contributed by atoms with Crippen molar-refractivity contribution in [3.63, 3.8) is 0 Å². The van der Waals surface area contributed by atoms with Crippen molar-refractivity contribution >= 4 is 17.5 Å². The number of nitrogens with one attached hydrogen (secondary N) is 3. The van der Waals surface area contributed by atoms with Gasteiger partial charge in [0.15, 0.2) is 5.78 Å². The van der Waals surface area contributed by atoms with Gasteiger partial charge in [-0.25, -0.2) is 9.78 Å². The monoisotopic (exact) mass is 258 g/mol. The number of hydrogen-bond donors (Lipinski definition) is 3. The third-order valence-corrected chi connectivity index (χ3v) is 2.54. The summed E-state index contributed by atoms with van der Waals surface area (Å²) in [6.07, 6.45) is 3.19. The van der Waals surface area contributed by atoms with E-state index in [0.717, 1.165) is 5.69 Å². The third-order valence-electron chi connectivity index (χ3n) is 2.54. The van der Waals surface area contributed by atoms with Gasteiger partial charge in [0.1, 0.15) is 0 Å². The average molecular weight is 258 g/mol. The first kappa shape index (κ1) is 12.8. The van der Waals surface area contributed by atoms with Crippen molar-refractivity contribution in [3.05, 3.63) is 48.0 Å². The van der Waals surface area contributed by atoms with E-state index in [1.54, 1.807) is 36.8 Å². The number of urea groups is 1. The molecule has 2 rings (SSSR count). The van der Waals surface area contributed by atoms with Crippen molar-refractivity contribution in [1.82, 2.24) is 15.3 Å². The van der Waals surface area contributed by atoms with Gasteiger partial charge in [-0.3, -0.25) is 4.79 Å². The van der Waals surface area contributed by atoms with Crippen LogP contribution in [0.5, 0.6) is 0 Å². The van der Waals surface area contributed by atoms with Gasteiger partial charge in [0.05, 0.1) is 18.6 Å². The molecule has 0 radical (unpaired) electrons. The van der Waals surface area contributed by atoms with Crippen molar-refractivity contribution in [2.75, 3.05) is 5.32 Å². The van der Waals surface area contributed by atoms with Crippen molar-refractivity contribution < 1.29 is 9.59 Å². The Kier molecular flexibility index (Phi) is 3.92. The number of carbonyl (C=O) groups excluding carboxylic acids is 2. The minimum Gasteiger partial charge on any atom is -0.347 e. The molecular weight excluding hydrogens is 244 g/mol. The molecule has 6 nitrogen and oxygen atoms in total. The van der Waals surface area contributed by atoms with Crippen molar-refractivity contribution in [2.24, 2.45) is 0 Å².